The van der Waals surface area contributed by atoms with E-state index >= 15 is 0 Å². The Morgan fingerprint density at radius 2 is 1.91 bits per heavy atom. The fraction of sp³-hybridized carbons (Fsp3) is 0.471. The van der Waals surface area contributed by atoms with Gasteiger partial charge in [-0.3, -0.25) is 4.68 Å². The summed E-state index contributed by atoms with van der Waals surface area (Å²) in [5.41, 5.74) is 3.28. The molecular formula is C17H25N3OS. The molecule has 0 saturated heterocycles. The van der Waals surface area contributed by atoms with Crippen molar-refractivity contribution in [3.8, 4) is 0 Å². The average molecular weight is 319 g/mol. The van der Waals surface area contributed by atoms with Crippen LogP contribution >= 0.6 is 0 Å². The summed E-state index contributed by atoms with van der Waals surface area (Å²) in [5, 5.41) is 4.57. The topological polar surface area (TPSA) is 52.9 Å². The number of aryl methyl sites for hydroxylation is 1. The van der Waals surface area contributed by atoms with Gasteiger partial charge in [-0.05, 0) is 40.2 Å². The van der Waals surface area contributed by atoms with Gasteiger partial charge in [-0.25, -0.2) is 0 Å². The minimum absolute atomic E-state index is 0.00424. The molecule has 0 spiro atoms. The van der Waals surface area contributed by atoms with Gasteiger partial charge in [0.25, 0.3) is 0 Å². The van der Waals surface area contributed by atoms with Crippen molar-refractivity contribution in [1.29, 1.82) is 0 Å². The van der Waals surface area contributed by atoms with Gasteiger partial charge < -0.3 is 4.55 Å². The lowest BCUT2D eigenvalue weighted by Crippen LogP contribution is -2.40. The molecule has 1 unspecified atom stereocenters. The molecule has 120 valence electrons. The van der Waals surface area contributed by atoms with Crippen molar-refractivity contribution in [2.75, 3.05) is 0 Å². The molecule has 1 N–H and O–H groups in total. The van der Waals surface area contributed by atoms with Crippen LogP contribution in [0.1, 0.15) is 50.6 Å². The number of nitrogens with zero attached hydrogens (tertiary/aromatic N) is 2. The summed E-state index contributed by atoms with van der Waals surface area (Å²) in [6.45, 7) is 10.7. The zero-order chi connectivity index (χ0) is 16.3. The number of benzene rings is 1. The Balaban J connectivity index is 2.09. The van der Waals surface area contributed by atoms with E-state index in [1.807, 2.05) is 63.7 Å². The molecule has 0 aliphatic rings. The SMILES string of the molecule is Cc1nn(Cc2ccccc2)cc1[C@H](C)N[S+]([O-])C(C)(C)C. The first-order chi connectivity index (χ1) is 10.3. The maximum atomic E-state index is 12.2. The molecule has 0 amide bonds. The van der Waals surface area contributed by atoms with Crippen molar-refractivity contribution in [3.63, 3.8) is 0 Å². The van der Waals surface area contributed by atoms with Crippen molar-refractivity contribution >= 4 is 11.4 Å². The zero-order valence-electron chi connectivity index (χ0n) is 14.0. The molecule has 0 radical (unpaired) electrons. The van der Waals surface area contributed by atoms with Gasteiger partial charge in [-0.1, -0.05) is 30.3 Å². The van der Waals surface area contributed by atoms with E-state index in [0.29, 0.717) is 0 Å². The van der Waals surface area contributed by atoms with E-state index in [1.165, 1.54) is 5.56 Å². The van der Waals surface area contributed by atoms with E-state index in [4.69, 9.17) is 0 Å². The lowest BCUT2D eigenvalue weighted by atomic mass is 10.1. The van der Waals surface area contributed by atoms with Gasteiger partial charge in [0.1, 0.15) is 4.75 Å². The van der Waals surface area contributed by atoms with Gasteiger partial charge in [-0.15, -0.1) is 4.72 Å². The average Bonchev–Trinajstić information content (AvgIpc) is 2.79. The minimum atomic E-state index is -1.09. The molecule has 2 atom stereocenters. The fourth-order valence-corrected chi connectivity index (χ4v) is 3.01. The summed E-state index contributed by atoms with van der Waals surface area (Å²) in [5.74, 6) is 0. The monoisotopic (exact) mass is 319 g/mol. The predicted octanol–water partition coefficient (Wildman–Crippen LogP) is 3.35. The Hall–Kier alpha value is -1.30. The maximum absolute atomic E-state index is 12.2. The number of hydrogen-bond donors (Lipinski definition) is 1. The summed E-state index contributed by atoms with van der Waals surface area (Å²) in [4.78, 5) is 0. The normalized spacial score (nSPS) is 14.8. The van der Waals surface area contributed by atoms with Gasteiger partial charge in [0.2, 0.25) is 0 Å². The number of aromatic nitrogens is 2. The molecule has 0 aliphatic carbocycles. The van der Waals surface area contributed by atoms with Crippen LogP contribution in [0, 0.1) is 6.92 Å². The molecule has 1 heterocycles. The third-order valence-corrected chi connectivity index (χ3v) is 5.16. The molecule has 0 aliphatic heterocycles. The third-order valence-electron chi connectivity index (χ3n) is 3.48. The summed E-state index contributed by atoms with van der Waals surface area (Å²) < 4.78 is 17.1. The van der Waals surface area contributed by atoms with Crippen molar-refractivity contribution < 1.29 is 4.55 Å². The molecular weight excluding hydrogens is 294 g/mol. The second-order valence-electron chi connectivity index (χ2n) is 6.57. The number of hydrogen-bond acceptors (Lipinski definition) is 3. The fourth-order valence-electron chi connectivity index (χ4n) is 2.21. The van der Waals surface area contributed by atoms with Gasteiger partial charge in [0.15, 0.2) is 0 Å². The minimum Gasteiger partial charge on any atom is -0.598 e. The summed E-state index contributed by atoms with van der Waals surface area (Å²) in [6.07, 6.45) is 2.04. The summed E-state index contributed by atoms with van der Waals surface area (Å²) >= 11 is -1.09. The highest BCUT2D eigenvalue weighted by Crippen LogP contribution is 2.21. The maximum Gasteiger partial charge on any atom is 0.136 e. The molecule has 4 nitrogen and oxygen atoms in total. The van der Waals surface area contributed by atoms with Crippen LogP contribution in [-0.2, 0) is 17.9 Å². The van der Waals surface area contributed by atoms with Gasteiger partial charge in [0.05, 0.1) is 18.3 Å². The van der Waals surface area contributed by atoms with E-state index in [1.54, 1.807) is 0 Å². The highest BCUT2D eigenvalue weighted by atomic mass is 32.2. The first-order valence-corrected chi connectivity index (χ1v) is 8.68. The van der Waals surface area contributed by atoms with Crippen LogP contribution in [0.2, 0.25) is 0 Å². The Labute approximate surface area is 136 Å². The molecule has 0 fully saturated rings. The first-order valence-electron chi connectivity index (χ1n) is 7.53. The first kappa shape index (κ1) is 17.1. The van der Waals surface area contributed by atoms with Crippen molar-refractivity contribution in [2.24, 2.45) is 0 Å². The van der Waals surface area contributed by atoms with Crippen molar-refractivity contribution in [2.45, 2.75) is 52.0 Å². The highest BCUT2D eigenvalue weighted by molar-refractivity contribution is 7.90. The predicted molar refractivity (Wildman–Crippen MR) is 92.0 cm³/mol. The van der Waals surface area contributed by atoms with Crippen LogP contribution in [0.3, 0.4) is 0 Å². The van der Waals surface area contributed by atoms with E-state index in [2.05, 4.69) is 22.0 Å². The van der Waals surface area contributed by atoms with Crippen LogP contribution in [0.5, 0.6) is 0 Å². The van der Waals surface area contributed by atoms with Crippen LogP contribution in [0.4, 0.5) is 0 Å². The molecule has 1 aromatic carbocycles. The molecule has 0 saturated carbocycles. The zero-order valence-corrected chi connectivity index (χ0v) is 14.8. The summed E-state index contributed by atoms with van der Waals surface area (Å²) in [6, 6.07) is 10.3. The lowest BCUT2D eigenvalue weighted by molar-refractivity contribution is 0.531. The van der Waals surface area contributed by atoms with Crippen LogP contribution in [0.15, 0.2) is 36.5 Å². The quantitative estimate of drug-likeness (QED) is 0.860. The van der Waals surface area contributed by atoms with Crippen molar-refractivity contribution in [3.05, 3.63) is 53.3 Å². The number of rotatable bonds is 5. The molecule has 2 aromatic rings. The molecule has 0 bridgehead atoms. The standard InChI is InChI=1S/C17H25N3OS/c1-13-16(14(2)19-22(21)17(3,4)5)12-20(18-13)11-15-9-7-6-8-10-15/h6-10,12,14,19H,11H2,1-5H3/t14-,22?/m0/s1. The smallest absolute Gasteiger partial charge is 0.136 e. The lowest BCUT2D eigenvalue weighted by Gasteiger charge is -2.26. The van der Waals surface area contributed by atoms with Gasteiger partial charge >= 0.3 is 0 Å². The third kappa shape index (κ3) is 4.35. The Morgan fingerprint density at radius 3 is 2.50 bits per heavy atom. The second kappa shape index (κ2) is 6.86. The number of nitrogens with one attached hydrogen (secondary N) is 1. The van der Waals surface area contributed by atoms with Gasteiger partial charge in [-0.2, -0.15) is 5.10 Å². The molecule has 1 aromatic heterocycles. The van der Waals surface area contributed by atoms with E-state index in [9.17, 15) is 4.55 Å². The van der Waals surface area contributed by atoms with Crippen LogP contribution in [-0.4, -0.2) is 19.1 Å². The Bertz CT molecular complexity index is 604. The highest BCUT2D eigenvalue weighted by Gasteiger charge is 2.29. The van der Waals surface area contributed by atoms with E-state index < -0.39 is 11.4 Å². The van der Waals surface area contributed by atoms with E-state index in [-0.39, 0.29) is 10.8 Å². The Kier molecular flexibility index (Phi) is 5.32. The molecule has 22 heavy (non-hydrogen) atoms. The van der Waals surface area contributed by atoms with Crippen LogP contribution < -0.4 is 4.72 Å². The molecule has 5 heteroatoms. The second-order valence-corrected chi connectivity index (χ2v) is 8.57. The van der Waals surface area contributed by atoms with E-state index in [0.717, 1.165) is 17.8 Å². The van der Waals surface area contributed by atoms with Gasteiger partial charge in [0, 0.05) is 23.1 Å². The Morgan fingerprint density at radius 1 is 1.27 bits per heavy atom. The van der Waals surface area contributed by atoms with Crippen LogP contribution in [0.25, 0.3) is 0 Å². The largest absolute Gasteiger partial charge is 0.598 e. The van der Waals surface area contributed by atoms with Crippen molar-refractivity contribution in [1.82, 2.24) is 14.5 Å². The molecule has 2 rings (SSSR count). The summed E-state index contributed by atoms with van der Waals surface area (Å²) in [7, 11) is 0.